The van der Waals surface area contributed by atoms with E-state index in [0.717, 1.165) is 30.3 Å². The van der Waals surface area contributed by atoms with E-state index in [0.29, 0.717) is 23.7 Å². The van der Waals surface area contributed by atoms with Crippen molar-refractivity contribution in [2.45, 2.75) is 25.7 Å². The molecule has 0 saturated carbocycles. The van der Waals surface area contributed by atoms with E-state index in [1.54, 1.807) is 12.1 Å². The number of rotatable bonds is 4. The molecule has 6 heteroatoms. The molecule has 1 aliphatic heterocycles. The Bertz CT molecular complexity index is 741. The summed E-state index contributed by atoms with van der Waals surface area (Å²) in [7, 11) is 0. The quantitative estimate of drug-likeness (QED) is 0.898. The molecule has 2 aromatic rings. The van der Waals surface area contributed by atoms with Crippen LogP contribution in [0.3, 0.4) is 0 Å². The number of fused-ring (bicyclic) bond motifs is 1. The van der Waals surface area contributed by atoms with E-state index in [2.05, 4.69) is 4.98 Å². The number of aliphatic carboxylic acids is 1. The van der Waals surface area contributed by atoms with Crippen LogP contribution in [-0.4, -0.2) is 40.0 Å². The molecule has 122 valence electrons. The first kappa shape index (κ1) is 15.9. The summed E-state index contributed by atoms with van der Waals surface area (Å²) in [5.74, 6) is -0.541. The number of nitrogens with one attached hydrogen (secondary N) is 1. The predicted molar refractivity (Wildman–Crippen MR) is 88.8 cm³/mol. The van der Waals surface area contributed by atoms with Gasteiger partial charge in [-0.15, -0.1) is 0 Å². The van der Waals surface area contributed by atoms with E-state index >= 15 is 0 Å². The number of hydrogen-bond donors (Lipinski definition) is 2. The molecule has 0 unspecified atom stereocenters. The van der Waals surface area contributed by atoms with Crippen LogP contribution >= 0.6 is 11.6 Å². The van der Waals surface area contributed by atoms with Gasteiger partial charge in [0.25, 0.3) is 5.91 Å². The SMILES string of the molecule is O=C(O)CC[C@H]1CCCN(C(=O)c2cc3ccc(Cl)cc3[nH]2)C1. The number of hydrogen-bond acceptors (Lipinski definition) is 2. The van der Waals surface area contributed by atoms with Crippen LogP contribution < -0.4 is 0 Å². The zero-order valence-electron chi connectivity index (χ0n) is 12.7. The third-order valence-electron chi connectivity index (χ3n) is 4.39. The first-order valence-corrected chi connectivity index (χ1v) is 8.20. The summed E-state index contributed by atoms with van der Waals surface area (Å²) < 4.78 is 0. The number of piperidine rings is 1. The smallest absolute Gasteiger partial charge is 0.303 e. The number of likely N-dealkylation sites (tertiary alicyclic amines) is 1. The highest BCUT2D eigenvalue weighted by molar-refractivity contribution is 6.31. The van der Waals surface area contributed by atoms with Crippen molar-refractivity contribution in [3.63, 3.8) is 0 Å². The minimum Gasteiger partial charge on any atom is -0.481 e. The van der Waals surface area contributed by atoms with E-state index in [1.165, 1.54) is 0 Å². The standard InChI is InChI=1S/C17H19ClN2O3/c18-13-5-4-12-8-15(19-14(12)9-13)17(23)20-7-1-2-11(10-20)3-6-16(21)22/h4-5,8-9,11,19H,1-3,6-7,10H2,(H,21,22)/t11-/m1/s1. The molecule has 1 aromatic carbocycles. The van der Waals surface area contributed by atoms with E-state index < -0.39 is 5.97 Å². The molecule has 0 spiro atoms. The topological polar surface area (TPSA) is 73.4 Å². The van der Waals surface area contributed by atoms with Crippen LogP contribution in [0.1, 0.15) is 36.2 Å². The maximum atomic E-state index is 12.7. The average molecular weight is 335 g/mol. The molecule has 1 atom stereocenters. The van der Waals surface area contributed by atoms with E-state index in [4.69, 9.17) is 16.7 Å². The number of benzene rings is 1. The fourth-order valence-electron chi connectivity index (χ4n) is 3.20. The number of carbonyl (C=O) groups is 2. The highest BCUT2D eigenvalue weighted by atomic mass is 35.5. The molecule has 1 fully saturated rings. The van der Waals surface area contributed by atoms with Crippen molar-refractivity contribution < 1.29 is 14.7 Å². The Hall–Kier alpha value is -2.01. The lowest BCUT2D eigenvalue weighted by atomic mass is 9.93. The van der Waals surface area contributed by atoms with Gasteiger partial charge in [0.2, 0.25) is 0 Å². The third kappa shape index (κ3) is 3.67. The van der Waals surface area contributed by atoms with Gasteiger partial charge >= 0.3 is 5.97 Å². The molecular formula is C17H19ClN2O3. The summed E-state index contributed by atoms with van der Waals surface area (Å²) >= 11 is 5.97. The number of nitrogens with zero attached hydrogens (tertiary/aromatic N) is 1. The van der Waals surface area contributed by atoms with Crippen LogP contribution in [0, 0.1) is 5.92 Å². The number of amides is 1. The maximum absolute atomic E-state index is 12.7. The lowest BCUT2D eigenvalue weighted by molar-refractivity contribution is -0.137. The van der Waals surface area contributed by atoms with Crippen LogP contribution in [0.2, 0.25) is 5.02 Å². The number of aromatic nitrogens is 1. The van der Waals surface area contributed by atoms with E-state index in [-0.39, 0.29) is 18.2 Å². The van der Waals surface area contributed by atoms with Gasteiger partial charge in [0.1, 0.15) is 5.69 Å². The van der Waals surface area contributed by atoms with Gasteiger partial charge in [-0.2, -0.15) is 0 Å². The fraction of sp³-hybridized carbons (Fsp3) is 0.412. The Morgan fingerprint density at radius 1 is 1.35 bits per heavy atom. The molecule has 0 aliphatic carbocycles. The predicted octanol–water partition coefficient (Wildman–Crippen LogP) is 3.54. The van der Waals surface area contributed by atoms with Crippen LogP contribution in [0.4, 0.5) is 0 Å². The number of H-pyrrole nitrogens is 1. The van der Waals surface area contributed by atoms with Crippen molar-refractivity contribution in [2.24, 2.45) is 5.92 Å². The lowest BCUT2D eigenvalue weighted by Crippen LogP contribution is -2.40. The molecule has 1 amide bonds. The zero-order valence-corrected chi connectivity index (χ0v) is 13.5. The second-order valence-corrected chi connectivity index (χ2v) is 6.54. The van der Waals surface area contributed by atoms with E-state index in [9.17, 15) is 9.59 Å². The number of carboxylic acid groups (broad SMARTS) is 1. The van der Waals surface area contributed by atoms with Crippen molar-refractivity contribution in [1.82, 2.24) is 9.88 Å². The molecule has 1 saturated heterocycles. The summed E-state index contributed by atoms with van der Waals surface area (Å²) in [6.07, 6.45) is 2.69. The van der Waals surface area contributed by atoms with Gasteiger partial charge < -0.3 is 15.0 Å². The van der Waals surface area contributed by atoms with Crippen molar-refractivity contribution in [2.75, 3.05) is 13.1 Å². The summed E-state index contributed by atoms with van der Waals surface area (Å²) in [6.45, 7) is 1.35. The van der Waals surface area contributed by atoms with Gasteiger partial charge in [-0.05, 0) is 43.4 Å². The van der Waals surface area contributed by atoms with Gasteiger partial charge in [-0.3, -0.25) is 9.59 Å². The summed E-state index contributed by atoms with van der Waals surface area (Å²) in [4.78, 5) is 28.3. The van der Waals surface area contributed by atoms with Gasteiger partial charge in [-0.25, -0.2) is 0 Å². The molecule has 23 heavy (non-hydrogen) atoms. The fourth-order valence-corrected chi connectivity index (χ4v) is 3.37. The molecule has 0 bridgehead atoms. The molecular weight excluding hydrogens is 316 g/mol. The molecule has 1 aliphatic rings. The van der Waals surface area contributed by atoms with Gasteiger partial charge in [-0.1, -0.05) is 17.7 Å². The molecule has 2 heterocycles. The first-order chi connectivity index (χ1) is 11.0. The van der Waals surface area contributed by atoms with Crippen LogP contribution in [0.5, 0.6) is 0 Å². The molecule has 1 aromatic heterocycles. The zero-order chi connectivity index (χ0) is 16.4. The highest BCUT2D eigenvalue weighted by Gasteiger charge is 2.25. The first-order valence-electron chi connectivity index (χ1n) is 7.82. The Balaban J connectivity index is 1.71. The Morgan fingerprint density at radius 2 is 2.17 bits per heavy atom. The largest absolute Gasteiger partial charge is 0.481 e. The molecule has 0 radical (unpaired) electrons. The Labute approximate surface area is 139 Å². The summed E-state index contributed by atoms with van der Waals surface area (Å²) in [6, 6.07) is 7.33. The number of carbonyl (C=O) groups excluding carboxylic acids is 1. The van der Waals surface area contributed by atoms with Crippen LogP contribution in [-0.2, 0) is 4.79 Å². The van der Waals surface area contributed by atoms with Gasteiger partial charge in [0, 0.05) is 35.4 Å². The normalized spacial score (nSPS) is 18.3. The van der Waals surface area contributed by atoms with E-state index in [1.807, 2.05) is 17.0 Å². The Kier molecular flexibility index (Phi) is 4.57. The van der Waals surface area contributed by atoms with Crippen molar-refractivity contribution in [1.29, 1.82) is 0 Å². The monoisotopic (exact) mass is 334 g/mol. The summed E-state index contributed by atoms with van der Waals surface area (Å²) in [5.41, 5.74) is 1.40. The second kappa shape index (κ2) is 6.62. The molecule has 5 nitrogen and oxygen atoms in total. The third-order valence-corrected chi connectivity index (χ3v) is 4.62. The maximum Gasteiger partial charge on any atom is 0.303 e. The van der Waals surface area contributed by atoms with Crippen molar-refractivity contribution in [3.05, 3.63) is 35.0 Å². The minimum atomic E-state index is -0.777. The second-order valence-electron chi connectivity index (χ2n) is 6.11. The number of carboxylic acids is 1. The number of aromatic amines is 1. The average Bonchev–Trinajstić information content (AvgIpc) is 2.95. The minimum absolute atomic E-state index is 0.0302. The van der Waals surface area contributed by atoms with Crippen molar-refractivity contribution >= 4 is 34.4 Å². The highest BCUT2D eigenvalue weighted by Crippen LogP contribution is 2.24. The van der Waals surface area contributed by atoms with Crippen molar-refractivity contribution in [3.8, 4) is 0 Å². The van der Waals surface area contributed by atoms with Crippen LogP contribution in [0.25, 0.3) is 10.9 Å². The lowest BCUT2D eigenvalue weighted by Gasteiger charge is -2.32. The summed E-state index contributed by atoms with van der Waals surface area (Å²) in [5, 5.41) is 10.4. The van der Waals surface area contributed by atoms with Gasteiger partial charge in [0.15, 0.2) is 0 Å². The Morgan fingerprint density at radius 3 is 2.96 bits per heavy atom. The molecule has 3 rings (SSSR count). The van der Waals surface area contributed by atoms with Gasteiger partial charge in [0.05, 0.1) is 0 Å². The van der Waals surface area contributed by atoms with Crippen LogP contribution in [0.15, 0.2) is 24.3 Å². The molecule has 2 N–H and O–H groups in total. The number of halogens is 1.